The summed E-state index contributed by atoms with van der Waals surface area (Å²) >= 11 is 0. The van der Waals surface area contributed by atoms with E-state index >= 15 is 0 Å². The van der Waals surface area contributed by atoms with Crippen LogP contribution >= 0.6 is 0 Å². The number of nitrogens with zero attached hydrogens (tertiary/aromatic N) is 3. The Morgan fingerprint density at radius 3 is 2.65 bits per heavy atom. The number of furan rings is 1. The summed E-state index contributed by atoms with van der Waals surface area (Å²) in [5.74, 6) is -1.45. The number of carbonyl (C=O) groups is 1. The third-order valence-electron chi connectivity index (χ3n) is 3.46. The highest BCUT2D eigenvalue weighted by molar-refractivity contribution is 5.91. The number of carbonyl (C=O) groups excluding carboxylic acids is 1. The van der Waals surface area contributed by atoms with Gasteiger partial charge < -0.3 is 9.32 Å². The second kappa shape index (κ2) is 6.57. The summed E-state index contributed by atoms with van der Waals surface area (Å²) in [5, 5.41) is 10.6. The van der Waals surface area contributed by atoms with Crippen molar-refractivity contribution in [3.05, 3.63) is 28.0 Å². The van der Waals surface area contributed by atoms with E-state index in [0.717, 1.165) is 6.07 Å². The minimum Gasteiger partial charge on any atom is -0.395 e. The molecule has 7 nitrogen and oxygen atoms in total. The van der Waals surface area contributed by atoms with Crippen molar-refractivity contribution < 1.29 is 27.3 Å². The molecule has 1 saturated heterocycles. The molecule has 0 bridgehead atoms. The first kappa shape index (κ1) is 17.3. The molecule has 1 fully saturated rings. The predicted molar refractivity (Wildman–Crippen MR) is 72.9 cm³/mol. The van der Waals surface area contributed by atoms with Gasteiger partial charge in [0.15, 0.2) is 5.76 Å². The van der Waals surface area contributed by atoms with Crippen LogP contribution in [0.15, 0.2) is 16.5 Å². The van der Waals surface area contributed by atoms with Crippen molar-refractivity contribution in [2.45, 2.75) is 13.1 Å². The fourth-order valence-electron chi connectivity index (χ4n) is 2.60. The lowest BCUT2D eigenvalue weighted by Crippen LogP contribution is -2.38. The van der Waals surface area contributed by atoms with Crippen molar-refractivity contribution in [3.8, 4) is 0 Å². The lowest BCUT2D eigenvalue weighted by molar-refractivity contribution is -0.402. The Balaban J connectivity index is 2.05. The molecule has 1 aromatic heterocycles. The molecule has 0 aliphatic carbocycles. The molecular weight excluding hydrogens is 319 g/mol. The van der Waals surface area contributed by atoms with Gasteiger partial charge in [-0.05, 0) is 12.0 Å². The summed E-state index contributed by atoms with van der Waals surface area (Å²) in [5.41, 5.74) is 0. The zero-order chi connectivity index (χ0) is 17.2. The Kier molecular flexibility index (Phi) is 4.93. The topological polar surface area (TPSA) is 79.8 Å². The number of amides is 1. The lowest BCUT2D eigenvalue weighted by Gasteiger charge is -2.22. The highest BCUT2D eigenvalue weighted by Crippen LogP contribution is 2.21. The maximum Gasteiger partial charge on any atom is 0.433 e. The van der Waals surface area contributed by atoms with Crippen molar-refractivity contribution in [1.82, 2.24) is 9.80 Å². The monoisotopic (exact) mass is 335 g/mol. The van der Waals surface area contributed by atoms with Gasteiger partial charge in [0.05, 0.1) is 12.6 Å². The summed E-state index contributed by atoms with van der Waals surface area (Å²) < 4.78 is 42.4. The molecule has 10 heteroatoms. The van der Waals surface area contributed by atoms with Crippen molar-refractivity contribution in [2.75, 3.05) is 32.7 Å². The van der Waals surface area contributed by atoms with Gasteiger partial charge in [-0.15, -0.1) is 0 Å². The SMILES string of the molecule is CC1CN(CC(F)(F)F)CCN(C(=O)c2ccc([N+](=O)[O-])o2)C1. The number of hydrogen-bond donors (Lipinski definition) is 0. The van der Waals surface area contributed by atoms with Gasteiger partial charge in [-0.1, -0.05) is 6.92 Å². The minimum atomic E-state index is -4.29. The Bertz CT molecular complexity index is 587. The van der Waals surface area contributed by atoms with E-state index in [4.69, 9.17) is 4.42 Å². The summed E-state index contributed by atoms with van der Waals surface area (Å²) in [6, 6.07) is 2.27. The number of alkyl halides is 3. The zero-order valence-electron chi connectivity index (χ0n) is 12.4. The Morgan fingerprint density at radius 1 is 1.39 bits per heavy atom. The molecule has 128 valence electrons. The van der Waals surface area contributed by atoms with E-state index in [1.165, 1.54) is 15.9 Å². The van der Waals surface area contributed by atoms with Gasteiger partial charge in [-0.2, -0.15) is 13.2 Å². The molecule has 1 unspecified atom stereocenters. The Labute approximate surface area is 129 Å². The normalized spacial score (nSPS) is 20.3. The molecule has 2 heterocycles. The third kappa shape index (κ3) is 4.68. The highest BCUT2D eigenvalue weighted by atomic mass is 19.4. The maximum absolute atomic E-state index is 12.5. The smallest absolute Gasteiger partial charge is 0.395 e. The van der Waals surface area contributed by atoms with Gasteiger partial charge in [0.1, 0.15) is 4.92 Å². The first-order valence-corrected chi connectivity index (χ1v) is 6.98. The molecule has 0 saturated carbocycles. The van der Waals surface area contributed by atoms with Gasteiger partial charge >= 0.3 is 12.1 Å². The van der Waals surface area contributed by atoms with Crippen LogP contribution in [-0.4, -0.2) is 59.5 Å². The molecule has 1 aliphatic rings. The molecule has 23 heavy (non-hydrogen) atoms. The molecule has 2 rings (SSSR count). The van der Waals surface area contributed by atoms with Crippen LogP contribution in [0.3, 0.4) is 0 Å². The van der Waals surface area contributed by atoms with E-state index in [0.29, 0.717) is 0 Å². The fourth-order valence-corrected chi connectivity index (χ4v) is 2.60. The average Bonchev–Trinajstić information content (AvgIpc) is 2.83. The Hall–Kier alpha value is -2.10. The second-order valence-electron chi connectivity index (χ2n) is 5.60. The van der Waals surface area contributed by atoms with Crippen LogP contribution in [0.25, 0.3) is 0 Å². The standard InChI is InChI=1S/C13H16F3N3O4/c1-9-6-17(8-13(14,15)16)4-5-18(7-9)12(20)10-2-3-11(23-10)19(21)22/h2-3,9H,4-8H2,1H3. The predicted octanol–water partition coefficient (Wildman–Crippen LogP) is 2.14. The lowest BCUT2D eigenvalue weighted by atomic mass is 10.1. The molecule has 1 atom stereocenters. The zero-order valence-corrected chi connectivity index (χ0v) is 12.4. The van der Waals surface area contributed by atoms with E-state index in [1.54, 1.807) is 6.92 Å². The largest absolute Gasteiger partial charge is 0.433 e. The fraction of sp³-hybridized carbons (Fsp3) is 0.615. The van der Waals surface area contributed by atoms with E-state index in [2.05, 4.69) is 0 Å². The summed E-state index contributed by atoms with van der Waals surface area (Å²) in [7, 11) is 0. The first-order chi connectivity index (χ1) is 10.7. The highest BCUT2D eigenvalue weighted by Gasteiger charge is 2.34. The van der Waals surface area contributed by atoms with Crippen molar-refractivity contribution >= 4 is 11.8 Å². The maximum atomic E-state index is 12.5. The Morgan fingerprint density at radius 2 is 2.09 bits per heavy atom. The molecule has 1 aromatic rings. The van der Waals surface area contributed by atoms with Gasteiger partial charge in [0, 0.05) is 26.2 Å². The molecular formula is C13H16F3N3O4. The van der Waals surface area contributed by atoms with Gasteiger partial charge in [-0.3, -0.25) is 19.8 Å². The van der Waals surface area contributed by atoms with E-state index in [1.807, 2.05) is 0 Å². The van der Waals surface area contributed by atoms with Crippen LogP contribution in [-0.2, 0) is 0 Å². The molecule has 0 radical (unpaired) electrons. The number of nitro groups is 1. The van der Waals surface area contributed by atoms with Crippen molar-refractivity contribution in [2.24, 2.45) is 5.92 Å². The van der Waals surface area contributed by atoms with Crippen LogP contribution in [0.2, 0.25) is 0 Å². The molecule has 0 N–H and O–H groups in total. The molecule has 1 amide bonds. The number of hydrogen-bond acceptors (Lipinski definition) is 5. The first-order valence-electron chi connectivity index (χ1n) is 6.98. The summed E-state index contributed by atoms with van der Waals surface area (Å²) in [6.45, 7) is 1.40. The minimum absolute atomic E-state index is 0.0817. The van der Waals surface area contributed by atoms with E-state index < -0.39 is 29.4 Å². The number of rotatable bonds is 3. The van der Waals surface area contributed by atoms with Crippen LogP contribution in [0.4, 0.5) is 19.1 Å². The third-order valence-corrected chi connectivity index (χ3v) is 3.46. The second-order valence-corrected chi connectivity index (χ2v) is 5.60. The molecule has 1 aliphatic heterocycles. The van der Waals surface area contributed by atoms with Crippen LogP contribution in [0.5, 0.6) is 0 Å². The van der Waals surface area contributed by atoms with E-state index in [9.17, 15) is 28.1 Å². The average molecular weight is 335 g/mol. The summed E-state index contributed by atoms with van der Waals surface area (Å²) in [4.78, 5) is 24.7. The molecule has 0 aromatic carbocycles. The summed E-state index contributed by atoms with van der Waals surface area (Å²) in [6.07, 6.45) is -4.29. The number of halogens is 3. The van der Waals surface area contributed by atoms with Crippen molar-refractivity contribution in [3.63, 3.8) is 0 Å². The van der Waals surface area contributed by atoms with Crippen LogP contribution < -0.4 is 0 Å². The van der Waals surface area contributed by atoms with Crippen LogP contribution in [0.1, 0.15) is 17.5 Å². The van der Waals surface area contributed by atoms with Gasteiger partial charge in [0.25, 0.3) is 5.91 Å². The van der Waals surface area contributed by atoms with Gasteiger partial charge in [0.2, 0.25) is 0 Å². The quantitative estimate of drug-likeness (QED) is 0.624. The van der Waals surface area contributed by atoms with Crippen molar-refractivity contribution in [1.29, 1.82) is 0 Å². The molecule has 0 spiro atoms. The van der Waals surface area contributed by atoms with E-state index in [-0.39, 0.29) is 37.9 Å². The van der Waals surface area contributed by atoms with Gasteiger partial charge in [-0.25, -0.2) is 0 Å². The van der Waals surface area contributed by atoms with Crippen LogP contribution in [0, 0.1) is 16.0 Å².